The number of hydrogen-bond donors (Lipinski definition) is 1. The summed E-state index contributed by atoms with van der Waals surface area (Å²) >= 11 is 0. The predicted octanol–water partition coefficient (Wildman–Crippen LogP) is 3.13. The summed E-state index contributed by atoms with van der Waals surface area (Å²) in [5.41, 5.74) is 6.57. The Morgan fingerprint density at radius 3 is 2.59 bits per heavy atom. The molecule has 0 spiro atoms. The van der Waals surface area contributed by atoms with Gasteiger partial charge in [0.1, 0.15) is 5.75 Å². The molecule has 1 aromatic carbocycles. The molecule has 1 fully saturated rings. The molecule has 1 aliphatic carbocycles. The summed E-state index contributed by atoms with van der Waals surface area (Å²) in [7, 11) is 1.67. The molecule has 0 bridgehead atoms. The Hall–Kier alpha value is -1.88. The maximum absolute atomic E-state index is 6.42. The molecule has 22 heavy (non-hydrogen) atoms. The van der Waals surface area contributed by atoms with Crippen LogP contribution < -0.4 is 10.5 Å². The molecule has 2 aromatic rings. The summed E-state index contributed by atoms with van der Waals surface area (Å²) < 4.78 is 11.0. The molecular weight excluding hydrogens is 278 g/mol. The Balaban J connectivity index is 1.98. The number of nitrogens with two attached hydrogens (primary N) is 1. The SMILES string of the molecule is COc1ccccc1C(C)(C)c1nc(C2(N)CCCC2)no1. The summed E-state index contributed by atoms with van der Waals surface area (Å²) in [4.78, 5) is 4.63. The van der Waals surface area contributed by atoms with E-state index in [9.17, 15) is 0 Å². The fraction of sp³-hybridized carbons (Fsp3) is 0.529. The van der Waals surface area contributed by atoms with E-state index >= 15 is 0 Å². The molecule has 118 valence electrons. The number of methoxy groups -OCH3 is 1. The highest BCUT2D eigenvalue weighted by molar-refractivity contribution is 5.42. The minimum atomic E-state index is -0.438. The molecule has 0 radical (unpaired) electrons. The van der Waals surface area contributed by atoms with Crippen molar-refractivity contribution in [3.63, 3.8) is 0 Å². The van der Waals surface area contributed by atoms with Gasteiger partial charge in [0.15, 0.2) is 5.82 Å². The van der Waals surface area contributed by atoms with Crippen LogP contribution in [0.25, 0.3) is 0 Å². The highest BCUT2D eigenvalue weighted by Crippen LogP contribution is 2.39. The van der Waals surface area contributed by atoms with Crippen LogP contribution in [0.5, 0.6) is 5.75 Å². The Morgan fingerprint density at radius 1 is 1.23 bits per heavy atom. The van der Waals surface area contributed by atoms with E-state index in [-0.39, 0.29) is 0 Å². The van der Waals surface area contributed by atoms with Gasteiger partial charge in [-0.3, -0.25) is 0 Å². The second-order valence-corrected chi connectivity index (χ2v) is 6.61. The lowest BCUT2D eigenvalue weighted by atomic mass is 9.83. The molecule has 0 amide bonds. The average molecular weight is 301 g/mol. The van der Waals surface area contributed by atoms with Gasteiger partial charge in [-0.15, -0.1) is 0 Å². The minimum absolute atomic E-state index is 0.432. The van der Waals surface area contributed by atoms with Crippen molar-refractivity contribution in [2.24, 2.45) is 5.73 Å². The lowest BCUT2D eigenvalue weighted by molar-refractivity contribution is 0.313. The van der Waals surface area contributed by atoms with Crippen LogP contribution in [0.3, 0.4) is 0 Å². The van der Waals surface area contributed by atoms with Gasteiger partial charge in [-0.05, 0) is 32.8 Å². The average Bonchev–Trinajstić information content (AvgIpc) is 3.17. The molecule has 5 nitrogen and oxygen atoms in total. The first-order valence-electron chi connectivity index (χ1n) is 7.74. The van der Waals surface area contributed by atoms with Crippen molar-refractivity contribution in [3.05, 3.63) is 41.5 Å². The number of nitrogens with zero attached hydrogens (tertiary/aromatic N) is 2. The fourth-order valence-corrected chi connectivity index (χ4v) is 3.19. The normalized spacial score (nSPS) is 17.6. The van der Waals surface area contributed by atoms with Gasteiger partial charge >= 0.3 is 0 Å². The van der Waals surface area contributed by atoms with E-state index in [0.717, 1.165) is 37.0 Å². The highest BCUT2D eigenvalue weighted by atomic mass is 16.5. The second kappa shape index (κ2) is 5.39. The molecule has 0 unspecified atom stereocenters. The standard InChI is InChI=1S/C17H23N3O2/c1-16(2,12-8-4-5-9-13(12)21-3)15-19-14(20-22-15)17(18)10-6-7-11-17/h4-5,8-9H,6-7,10-11,18H2,1-3H3. The molecule has 0 aliphatic heterocycles. The van der Waals surface area contributed by atoms with Crippen LogP contribution in [0.1, 0.15) is 56.8 Å². The van der Waals surface area contributed by atoms with Gasteiger partial charge in [0.05, 0.1) is 18.1 Å². The molecule has 1 heterocycles. The Kier molecular flexibility index (Phi) is 3.68. The lowest BCUT2D eigenvalue weighted by Gasteiger charge is -2.23. The van der Waals surface area contributed by atoms with Crippen LogP contribution in [-0.2, 0) is 11.0 Å². The first-order valence-corrected chi connectivity index (χ1v) is 7.74. The van der Waals surface area contributed by atoms with E-state index < -0.39 is 11.0 Å². The first-order chi connectivity index (χ1) is 10.5. The zero-order valence-electron chi connectivity index (χ0n) is 13.4. The van der Waals surface area contributed by atoms with E-state index in [1.54, 1.807) is 7.11 Å². The van der Waals surface area contributed by atoms with Gasteiger partial charge in [0.25, 0.3) is 0 Å². The van der Waals surface area contributed by atoms with Gasteiger partial charge in [-0.25, -0.2) is 0 Å². The molecule has 1 saturated carbocycles. The maximum atomic E-state index is 6.42. The van der Waals surface area contributed by atoms with E-state index in [0.29, 0.717) is 11.7 Å². The van der Waals surface area contributed by atoms with E-state index in [2.05, 4.69) is 24.0 Å². The third-order valence-electron chi connectivity index (χ3n) is 4.68. The Labute approximate surface area is 130 Å². The maximum Gasteiger partial charge on any atom is 0.236 e. The zero-order chi connectivity index (χ0) is 15.8. The lowest BCUT2D eigenvalue weighted by Crippen LogP contribution is -2.34. The second-order valence-electron chi connectivity index (χ2n) is 6.61. The zero-order valence-corrected chi connectivity index (χ0v) is 13.4. The first kappa shape index (κ1) is 15.0. The van der Waals surface area contributed by atoms with Crippen LogP contribution >= 0.6 is 0 Å². The van der Waals surface area contributed by atoms with E-state index in [4.69, 9.17) is 15.0 Å². The smallest absolute Gasteiger partial charge is 0.236 e. The molecule has 1 aliphatic rings. The number of ether oxygens (including phenoxy) is 1. The molecule has 0 saturated heterocycles. The van der Waals surface area contributed by atoms with Crippen molar-refractivity contribution in [1.82, 2.24) is 10.1 Å². The van der Waals surface area contributed by atoms with E-state index in [1.807, 2.05) is 24.3 Å². The Morgan fingerprint density at radius 2 is 1.91 bits per heavy atom. The van der Waals surface area contributed by atoms with Gasteiger partial charge in [-0.2, -0.15) is 4.98 Å². The summed E-state index contributed by atoms with van der Waals surface area (Å²) in [6.45, 7) is 4.11. The molecular formula is C17H23N3O2. The summed E-state index contributed by atoms with van der Waals surface area (Å²) in [5, 5.41) is 4.17. The van der Waals surface area contributed by atoms with Crippen LogP contribution in [0.2, 0.25) is 0 Å². The number of aromatic nitrogens is 2. The van der Waals surface area contributed by atoms with E-state index in [1.165, 1.54) is 0 Å². The summed E-state index contributed by atoms with van der Waals surface area (Å²) in [6.07, 6.45) is 4.08. The van der Waals surface area contributed by atoms with Crippen molar-refractivity contribution in [2.45, 2.75) is 50.5 Å². The summed E-state index contributed by atoms with van der Waals surface area (Å²) in [6, 6.07) is 7.90. The van der Waals surface area contributed by atoms with Gasteiger partial charge in [0.2, 0.25) is 5.89 Å². The molecule has 2 N–H and O–H groups in total. The van der Waals surface area contributed by atoms with Crippen molar-refractivity contribution >= 4 is 0 Å². The topological polar surface area (TPSA) is 74.2 Å². The molecule has 5 heteroatoms. The van der Waals surface area contributed by atoms with Gasteiger partial charge in [0, 0.05) is 5.56 Å². The van der Waals surface area contributed by atoms with Crippen molar-refractivity contribution in [3.8, 4) is 5.75 Å². The van der Waals surface area contributed by atoms with Gasteiger partial charge in [-0.1, -0.05) is 36.2 Å². The van der Waals surface area contributed by atoms with Crippen LogP contribution in [0, 0.1) is 0 Å². The van der Waals surface area contributed by atoms with Crippen LogP contribution in [0.15, 0.2) is 28.8 Å². The van der Waals surface area contributed by atoms with Crippen LogP contribution in [0.4, 0.5) is 0 Å². The molecule has 3 rings (SSSR count). The van der Waals surface area contributed by atoms with Crippen molar-refractivity contribution in [2.75, 3.05) is 7.11 Å². The van der Waals surface area contributed by atoms with Gasteiger partial charge < -0.3 is 15.0 Å². The Bertz CT molecular complexity index is 657. The number of benzene rings is 1. The largest absolute Gasteiger partial charge is 0.496 e. The highest BCUT2D eigenvalue weighted by Gasteiger charge is 2.39. The van der Waals surface area contributed by atoms with Crippen molar-refractivity contribution < 1.29 is 9.26 Å². The van der Waals surface area contributed by atoms with Crippen molar-refractivity contribution in [1.29, 1.82) is 0 Å². The monoisotopic (exact) mass is 301 g/mol. The third kappa shape index (κ3) is 2.39. The number of rotatable bonds is 4. The minimum Gasteiger partial charge on any atom is -0.496 e. The third-order valence-corrected chi connectivity index (χ3v) is 4.68. The summed E-state index contributed by atoms with van der Waals surface area (Å²) in [5.74, 6) is 2.02. The molecule has 0 atom stereocenters. The number of hydrogen-bond acceptors (Lipinski definition) is 5. The van der Waals surface area contributed by atoms with Crippen LogP contribution in [-0.4, -0.2) is 17.3 Å². The number of para-hydroxylation sites is 1. The fourth-order valence-electron chi connectivity index (χ4n) is 3.19. The predicted molar refractivity (Wildman–Crippen MR) is 83.8 cm³/mol. The molecule has 1 aromatic heterocycles. The quantitative estimate of drug-likeness (QED) is 0.939.